The molecule has 0 spiro atoms. The molecule has 0 aliphatic rings. The molecule has 2 heterocycles. The van der Waals surface area contributed by atoms with Crippen LogP contribution in [0.3, 0.4) is 0 Å². The lowest BCUT2D eigenvalue weighted by Gasteiger charge is -2.04. The Morgan fingerprint density at radius 3 is 2.95 bits per heavy atom. The molecule has 0 bridgehead atoms. The lowest BCUT2D eigenvalue weighted by molar-refractivity contribution is -0.137. The summed E-state index contributed by atoms with van der Waals surface area (Å²) in [6, 6.07) is 3.34. The van der Waals surface area contributed by atoms with Crippen molar-refractivity contribution < 1.29 is 14.7 Å². The van der Waals surface area contributed by atoms with Crippen molar-refractivity contribution in [3.63, 3.8) is 0 Å². The van der Waals surface area contributed by atoms with E-state index >= 15 is 0 Å². The van der Waals surface area contributed by atoms with Gasteiger partial charge in [-0.3, -0.25) is 19.3 Å². The van der Waals surface area contributed by atoms with E-state index in [1.807, 2.05) is 0 Å². The summed E-state index contributed by atoms with van der Waals surface area (Å²) in [5.74, 6) is -1.30. The van der Waals surface area contributed by atoms with Crippen molar-refractivity contribution in [2.75, 3.05) is 5.32 Å². The molecule has 7 heteroatoms. The van der Waals surface area contributed by atoms with Crippen LogP contribution in [0.25, 0.3) is 0 Å². The zero-order valence-electron chi connectivity index (χ0n) is 10.2. The highest BCUT2D eigenvalue weighted by atomic mass is 16.4. The number of pyridine rings is 1. The van der Waals surface area contributed by atoms with Crippen LogP contribution in [0.1, 0.15) is 16.1 Å². The highest BCUT2D eigenvalue weighted by molar-refractivity contribution is 6.04. The minimum absolute atomic E-state index is 0.248. The fourth-order valence-electron chi connectivity index (χ4n) is 1.58. The number of carboxylic acid groups (broad SMARTS) is 1. The standard InChI is InChI=1S/C12H12N4O3/c1-8-10(3-2-4-13-8)12(19)15-9-5-14-16(6-9)7-11(17)18/h2-6H,7H2,1H3,(H,15,19)(H,17,18). The van der Waals surface area contributed by atoms with Gasteiger partial charge in [0.15, 0.2) is 0 Å². The maximum absolute atomic E-state index is 12.0. The summed E-state index contributed by atoms with van der Waals surface area (Å²) in [7, 11) is 0. The summed E-state index contributed by atoms with van der Waals surface area (Å²) >= 11 is 0. The molecule has 0 saturated carbocycles. The molecule has 0 fully saturated rings. The van der Waals surface area contributed by atoms with Crippen LogP contribution in [0.4, 0.5) is 5.69 Å². The van der Waals surface area contributed by atoms with Gasteiger partial charge in [0.05, 0.1) is 17.4 Å². The molecule has 2 aromatic heterocycles. The van der Waals surface area contributed by atoms with Crippen molar-refractivity contribution in [1.29, 1.82) is 0 Å². The molecule has 0 radical (unpaired) electrons. The number of nitrogens with zero attached hydrogens (tertiary/aromatic N) is 3. The van der Waals surface area contributed by atoms with E-state index in [4.69, 9.17) is 5.11 Å². The van der Waals surface area contributed by atoms with Crippen LogP contribution < -0.4 is 5.32 Å². The Labute approximate surface area is 108 Å². The molecular weight excluding hydrogens is 248 g/mol. The van der Waals surface area contributed by atoms with Gasteiger partial charge in [0.25, 0.3) is 5.91 Å². The average molecular weight is 260 g/mol. The van der Waals surface area contributed by atoms with Gasteiger partial charge in [-0.25, -0.2) is 0 Å². The molecule has 2 aromatic rings. The fourth-order valence-corrected chi connectivity index (χ4v) is 1.58. The number of hydrogen-bond acceptors (Lipinski definition) is 4. The topological polar surface area (TPSA) is 97.1 Å². The number of carboxylic acids is 1. The maximum atomic E-state index is 12.0. The number of rotatable bonds is 4. The third-order valence-electron chi connectivity index (χ3n) is 2.44. The first kappa shape index (κ1) is 12.7. The van der Waals surface area contributed by atoms with E-state index in [2.05, 4.69) is 15.4 Å². The fraction of sp³-hybridized carbons (Fsp3) is 0.167. The van der Waals surface area contributed by atoms with Crippen molar-refractivity contribution in [1.82, 2.24) is 14.8 Å². The van der Waals surface area contributed by atoms with Crippen LogP contribution in [-0.4, -0.2) is 31.7 Å². The number of aryl methyl sites for hydroxylation is 1. The van der Waals surface area contributed by atoms with Crippen molar-refractivity contribution in [3.8, 4) is 0 Å². The third kappa shape index (κ3) is 3.15. The average Bonchev–Trinajstić information content (AvgIpc) is 2.76. The molecule has 1 amide bonds. The van der Waals surface area contributed by atoms with Crippen LogP contribution in [0.5, 0.6) is 0 Å². The summed E-state index contributed by atoms with van der Waals surface area (Å²) in [5.41, 5.74) is 1.53. The van der Waals surface area contributed by atoms with E-state index in [9.17, 15) is 9.59 Å². The molecule has 0 aliphatic heterocycles. The quantitative estimate of drug-likeness (QED) is 0.852. The summed E-state index contributed by atoms with van der Waals surface area (Å²) in [5, 5.41) is 15.1. The predicted molar refractivity (Wildman–Crippen MR) is 66.8 cm³/mol. The molecule has 0 unspecified atom stereocenters. The van der Waals surface area contributed by atoms with E-state index in [0.29, 0.717) is 16.9 Å². The highest BCUT2D eigenvalue weighted by Gasteiger charge is 2.11. The first-order chi connectivity index (χ1) is 9.06. The molecule has 0 atom stereocenters. The largest absolute Gasteiger partial charge is 0.480 e. The van der Waals surface area contributed by atoms with E-state index < -0.39 is 5.97 Å². The summed E-state index contributed by atoms with van der Waals surface area (Å²) in [4.78, 5) is 26.5. The van der Waals surface area contributed by atoms with Gasteiger partial charge in [0.1, 0.15) is 6.54 Å². The van der Waals surface area contributed by atoms with E-state index in [-0.39, 0.29) is 12.5 Å². The minimum atomic E-state index is -0.996. The zero-order chi connectivity index (χ0) is 13.8. The second kappa shape index (κ2) is 5.30. The van der Waals surface area contributed by atoms with Gasteiger partial charge in [0, 0.05) is 18.1 Å². The van der Waals surface area contributed by atoms with Crippen LogP contribution in [-0.2, 0) is 11.3 Å². The number of anilines is 1. The van der Waals surface area contributed by atoms with Crippen LogP contribution in [0.15, 0.2) is 30.7 Å². The molecule has 0 aromatic carbocycles. The lowest BCUT2D eigenvalue weighted by atomic mass is 10.2. The monoisotopic (exact) mass is 260 g/mol. The number of carbonyl (C=O) groups is 2. The molecular formula is C12H12N4O3. The highest BCUT2D eigenvalue weighted by Crippen LogP contribution is 2.10. The first-order valence-corrected chi connectivity index (χ1v) is 5.53. The Kier molecular flexibility index (Phi) is 3.56. The summed E-state index contributed by atoms with van der Waals surface area (Å²) < 4.78 is 1.23. The number of amides is 1. The maximum Gasteiger partial charge on any atom is 0.325 e. The molecule has 0 saturated heterocycles. The van der Waals surface area contributed by atoms with Crippen molar-refractivity contribution in [3.05, 3.63) is 42.0 Å². The minimum Gasteiger partial charge on any atom is -0.480 e. The van der Waals surface area contributed by atoms with Crippen LogP contribution in [0, 0.1) is 6.92 Å². The van der Waals surface area contributed by atoms with Gasteiger partial charge in [-0.05, 0) is 19.1 Å². The second-order valence-electron chi connectivity index (χ2n) is 3.91. The molecule has 98 valence electrons. The predicted octanol–water partition coefficient (Wildman–Crippen LogP) is 0.923. The molecule has 0 aliphatic carbocycles. The lowest BCUT2D eigenvalue weighted by Crippen LogP contribution is -2.13. The van der Waals surface area contributed by atoms with Crippen molar-refractivity contribution in [2.45, 2.75) is 13.5 Å². The van der Waals surface area contributed by atoms with E-state index in [0.717, 1.165) is 0 Å². The Hall–Kier alpha value is -2.70. The number of hydrogen-bond donors (Lipinski definition) is 2. The van der Waals surface area contributed by atoms with Crippen molar-refractivity contribution in [2.24, 2.45) is 0 Å². The summed E-state index contributed by atoms with van der Waals surface area (Å²) in [6.45, 7) is 1.49. The van der Waals surface area contributed by atoms with Gasteiger partial charge in [-0.1, -0.05) is 0 Å². The number of carbonyl (C=O) groups excluding carboxylic acids is 1. The third-order valence-corrected chi connectivity index (χ3v) is 2.44. The Morgan fingerprint density at radius 2 is 2.26 bits per heavy atom. The molecule has 19 heavy (non-hydrogen) atoms. The van der Waals surface area contributed by atoms with Gasteiger partial charge in [-0.15, -0.1) is 0 Å². The van der Waals surface area contributed by atoms with Gasteiger partial charge >= 0.3 is 5.97 Å². The van der Waals surface area contributed by atoms with Gasteiger partial charge in [0.2, 0.25) is 0 Å². The normalized spacial score (nSPS) is 10.2. The smallest absolute Gasteiger partial charge is 0.325 e. The molecule has 2 rings (SSSR count). The van der Waals surface area contributed by atoms with E-state index in [1.165, 1.54) is 17.1 Å². The van der Waals surface area contributed by atoms with Crippen molar-refractivity contribution >= 4 is 17.6 Å². The van der Waals surface area contributed by atoms with Gasteiger partial charge < -0.3 is 10.4 Å². The zero-order valence-corrected chi connectivity index (χ0v) is 10.2. The number of aromatic nitrogens is 3. The number of aliphatic carboxylic acids is 1. The van der Waals surface area contributed by atoms with Crippen LogP contribution >= 0.6 is 0 Å². The summed E-state index contributed by atoms with van der Waals surface area (Å²) in [6.07, 6.45) is 4.46. The molecule has 7 nitrogen and oxygen atoms in total. The van der Waals surface area contributed by atoms with Crippen LogP contribution in [0.2, 0.25) is 0 Å². The van der Waals surface area contributed by atoms with Gasteiger partial charge in [-0.2, -0.15) is 5.10 Å². The van der Waals surface area contributed by atoms with E-state index in [1.54, 1.807) is 25.3 Å². The number of nitrogens with one attached hydrogen (secondary N) is 1. The Bertz CT molecular complexity index is 621. The SMILES string of the molecule is Cc1ncccc1C(=O)Nc1cnn(CC(=O)O)c1. The first-order valence-electron chi connectivity index (χ1n) is 5.53. The molecule has 2 N–H and O–H groups in total. The Morgan fingerprint density at radius 1 is 1.47 bits per heavy atom. The Balaban J connectivity index is 2.09. The second-order valence-corrected chi connectivity index (χ2v) is 3.91.